The Morgan fingerprint density at radius 1 is 1.00 bits per heavy atom. The van der Waals surface area contributed by atoms with E-state index in [0.29, 0.717) is 13.1 Å². The number of sulfonamides is 1. The van der Waals surface area contributed by atoms with Gasteiger partial charge in [-0.15, -0.1) is 12.4 Å². The molecule has 0 atom stereocenters. The molecule has 2 aliphatic heterocycles. The Bertz CT molecular complexity index is 949. The summed E-state index contributed by atoms with van der Waals surface area (Å²) in [4.78, 5) is 2.48. The Morgan fingerprint density at radius 3 is 2.38 bits per heavy atom. The molecule has 0 aliphatic carbocycles. The second-order valence-electron chi connectivity index (χ2n) is 6.57. The van der Waals surface area contributed by atoms with Crippen LogP contribution in [0.2, 0.25) is 0 Å². The third kappa shape index (κ3) is 3.24. The van der Waals surface area contributed by atoms with Crippen LogP contribution in [0.5, 0.6) is 0 Å². The van der Waals surface area contributed by atoms with Gasteiger partial charge < -0.3 is 0 Å². The Kier molecular flexibility index (Phi) is 5.35. The molecular formula is C19H20ClN3O2S. The van der Waals surface area contributed by atoms with Crippen molar-refractivity contribution in [2.45, 2.75) is 23.9 Å². The molecule has 0 N–H and O–H groups in total. The van der Waals surface area contributed by atoms with Crippen molar-refractivity contribution in [2.75, 3.05) is 19.6 Å². The summed E-state index contributed by atoms with van der Waals surface area (Å²) < 4.78 is 27.0. The van der Waals surface area contributed by atoms with Gasteiger partial charge in [-0.3, -0.25) is 4.90 Å². The standard InChI is InChI=1S/C19H19N3O2S.ClH/c20-11-16-6-3-4-8-19(16)25(23,24)22-13-18(14-22)21-10-9-15-5-1-2-7-17(15)12-21;/h1-8,18H,9-10,12-14H2;1H. The lowest BCUT2D eigenvalue weighted by atomic mass is 9.97. The van der Waals surface area contributed by atoms with Crippen molar-refractivity contribution in [1.29, 1.82) is 5.26 Å². The van der Waals surface area contributed by atoms with E-state index in [1.807, 2.05) is 6.07 Å². The van der Waals surface area contributed by atoms with Crippen molar-refractivity contribution in [3.8, 4) is 6.07 Å². The lowest BCUT2D eigenvalue weighted by Crippen LogP contribution is -2.61. The quantitative estimate of drug-likeness (QED) is 0.808. The van der Waals surface area contributed by atoms with Crippen LogP contribution in [0, 0.1) is 11.3 Å². The zero-order valence-electron chi connectivity index (χ0n) is 14.2. The molecule has 0 spiro atoms. The molecule has 0 bridgehead atoms. The zero-order chi connectivity index (χ0) is 17.4. The first kappa shape index (κ1) is 18.9. The zero-order valence-corrected chi connectivity index (χ0v) is 15.8. The van der Waals surface area contributed by atoms with Crippen LogP contribution in [0.15, 0.2) is 53.4 Å². The molecule has 4 rings (SSSR count). The summed E-state index contributed by atoms with van der Waals surface area (Å²) >= 11 is 0. The first-order valence-corrected chi connectivity index (χ1v) is 9.84. The first-order chi connectivity index (χ1) is 12.1. The molecule has 1 saturated heterocycles. The van der Waals surface area contributed by atoms with Gasteiger partial charge >= 0.3 is 0 Å². The molecule has 7 heteroatoms. The van der Waals surface area contributed by atoms with Crippen molar-refractivity contribution in [3.05, 3.63) is 65.2 Å². The molecule has 136 valence electrons. The Hall–Kier alpha value is -1.91. The van der Waals surface area contributed by atoms with Gasteiger partial charge in [-0.2, -0.15) is 9.57 Å². The van der Waals surface area contributed by atoms with E-state index < -0.39 is 10.0 Å². The maximum atomic E-state index is 12.8. The molecule has 2 aliphatic rings. The highest BCUT2D eigenvalue weighted by Crippen LogP contribution is 2.29. The van der Waals surface area contributed by atoms with Crippen LogP contribution >= 0.6 is 12.4 Å². The predicted molar refractivity (Wildman–Crippen MR) is 102 cm³/mol. The summed E-state index contributed by atoms with van der Waals surface area (Å²) in [7, 11) is -3.59. The number of hydrogen-bond acceptors (Lipinski definition) is 4. The molecular weight excluding hydrogens is 370 g/mol. The number of rotatable bonds is 3. The van der Waals surface area contributed by atoms with Crippen molar-refractivity contribution in [3.63, 3.8) is 0 Å². The predicted octanol–water partition coefficient (Wildman–Crippen LogP) is 2.41. The van der Waals surface area contributed by atoms with E-state index in [2.05, 4.69) is 29.2 Å². The summed E-state index contributed by atoms with van der Waals surface area (Å²) in [5.74, 6) is 0. The SMILES string of the molecule is Cl.N#Cc1ccccc1S(=O)(=O)N1CC(N2CCc3ccccc3C2)C1. The highest BCUT2D eigenvalue weighted by atomic mass is 35.5. The van der Waals surface area contributed by atoms with Crippen molar-refractivity contribution < 1.29 is 8.42 Å². The molecule has 0 unspecified atom stereocenters. The summed E-state index contributed by atoms with van der Waals surface area (Å²) in [5.41, 5.74) is 2.94. The van der Waals surface area contributed by atoms with Crippen LogP contribution in [0.25, 0.3) is 0 Å². The second kappa shape index (κ2) is 7.37. The van der Waals surface area contributed by atoms with Crippen LogP contribution in [0.3, 0.4) is 0 Å². The lowest BCUT2D eigenvalue weighted by Gasteiger charge is -2.46. The summed E-state index contributed by atoms with van der Waals surface area (Å²) in [6.45, 7) is 2.82. The smallest absolute Gasteiger partial charge is 0.244 e. The van der Waals surface area contributed by atoms with Crippen molar-refractivity contribution >= 4 is 22.4 Å². The normalized spacial score (nSPS) is 18.3. The number of fused-ring (bicyclic) bond motifs is 1. The van der Waals surface area contributed by atoms with Gasteiger partial charge in [0, 0.05) is 32.2 Å². The summed E-state index contributed by atoms with van der Waals surface area (Å²) in [6, 6.07) is 17.1. The van der Waals surface area contributed by atoms with Crippen LogP contribution in [-0.2, 0) is 23.0 Å². The van der Waals surface area contributed by atoms with Gasteiger partial charge in [0.2, 0.25) is 10.0 Å². The minimum Gasteiger partial charge on any atom is -0.293 e. The molecule has 5 nitrogen and oxygen atoms in total. The van der Waals surface area contributed by atoms with Crippen molar-refractivity contribution in [2.24, 2.45) is 0 Å². The van der Waals surface area contributed by atoms with E-state index in [4.69, 9.17) is 5.26 Å². The monoisotopic (exact) mass is 389 g/mol. The summed E-state index contributed by atoms with van der Waals surface area (Å²) in [5, 5.41) is 9.16. The van der Waals surface area contributed by atoms with Gasteiger partial charge in [-0.1, -0.05) is 36.4 Å². The average Bonchev–Trinajstić information content (AvgIpc) is 2.60. The number of nitrogens with zero attached hydrogens (tertiary/aromatic N) is 3. The maximum absolute atomic E-state index is 12.8. The highest BCUT2D eigenvalue weighted by Gasteiger charge is 2.41. The van der Waals surface area contributed by atoms with Gasteiger partial charge in [-0.05, 0) is 29.7 Å². The van der Waals surface area contributed by atoms with E-state index in [1.165, 1.54) is 21.5 Å². The van der Waals surface area contributed by atoms with E-state index in [9.17, 15) is 8.42 Å². The van der Waals surface area contributed by atoms with Gasteiger partial charge in [-0.25, -0.2) is 8.42 Å². The largest absolute Gasteiger partial charge is 0.293 e. The molecule has 0 saturated carbocycles. The number of nitriles is 1. The van der Waals surface area contributed by atoms with E-state index in [1.54, 1.807) is 18.2 Å². The Balaban J connectivity index is 0.00000196. The van der Waals surface area contributed by atoms with Gasteiger partial charge in [0.25, 0.3) is 0 Å². The molecule has 0 aromatic heterocycles. The summed E-state index contributed by atoms with van der Waals surface area (Å²) in [6.07, 6.45) is 1.01. The van der Waals surface area contributed by atoms with Crippen LogP contribution in [0.1, 0.15) is 16.7 Å². The second-order valence-corrected chi connectivity index (χ2v) is 8.48. The Labute approximate surface area is 160 Å². The third-order valence-corrected chi connectivity index (χ3v) is 7.02. The highest BCUT2D eigenvalue weighted by molar-refractivity contribution is 7.89. The van der Waals surface area contributed by atoms with Crippen LogP contribution in [-0.4, -0.2) is 43.3 Å². The van der Waals surface area contributed by atoms with E-state index >= 15 is 0 Å². The van der Waals surface area contributed by atoms with Gasteiger partial charge in [0.05, 0.1) is 10.5 Å². The topological polar surface area (TPSA) is 64.4 Å². The molecule has 2 heterocycles. The van der Waals surface area contributed by atoms with Gasteiger partial charge in [0.1, 0.15) is 6.07 Å². The molecule has 2 aromatic rings. The number of hydrogen-bond donors (Lipinski definition) is 0. The van der Waals surface area contributed by atoms with E-state index in [0.717, 1.165) is 19.5 Å². The molecule has 1 fully saturated rings. The molecule has 2 aromatic carbocycles. The number of benzene rings is 2. The minimum atomic E-state index is -3.59. The maximum Gasteiger partial charge on any atom is 0.244 e. The number of halogens is 1. The molecule has 26 heavy (non-hydrogen) atoms. The van der Waals surface area contributed by atoms with Gasteiger partial charge in [0.15, 0.2) is 0 Å². The molecule has 0 radical (unpaired) electrons. The molecule has 0 amide bonds. The fraction of sp³-hybridized carbons (Fsp3) is 0.316. The lowest BCUT2D eigenvalue weighted by molar-refractivity contribution is 0.0769. The Morgan fingerprint density at radius 2 is 1.65 bits per heavy atom. The minimum absolute atomic E-state index is 0. The first-order valence-electron chi connectivity index (χ1n) is 8.40. The average molecular weight is 390 g/mol. The van der Waals surface area contributed by atoms with Crippen molar-refractivity contribution in [1.82, 2.24) is 9.21 Å². The third-order valence-electron chi connectivity index (χ3n) is 5.13. The van der Waals surface area contributed by atoms with Crippen LogP contribution in [0.4, 0.5) is 0 Å². The van der Waals surface area contributed by atoms with E-state index in [-0.39, 0.29) is 28.9 Å². The fourth-order valence-corrected chi connectivity index (χ4v) is 5.25. The van der Waals surface area contributed by atoms with Crippen LogP contribution < -0.4 is 0 Å². The fourth-order valence-electron chi connectivity index (χ4n) is 3.60.